The van der Waals surface area contributed by atoms with Crippen LogP contribution in [-0.4, -0.2) is 17.5 Å². The molecule has 2 nitrogen and oxygen atoms in total. The predicted octanol–water partition coefficient (Wildman–Crippen LogP) is 3.66. The van der Waals surface area contributed by atoms with Crippen LogP contribution in [0.3, 0.4) is 0 Å². The van der Waals surface area contributed by atoms with Crippen LogP contribution < -0.4 is 4.74 Å². The smallest absolute Gasteiger partial charge is 0.292 e. The van der Waals surface area contributed by atoms with Crippen molar-refractivity contribution in [1.82, 2.24) is 0 Å². The van der Waals surface area contributed by atoms with Gasteiger partial charge in [-0.25, -0.2) is 8.78 Å². The van der Waals surface area contributed by atoms with Crippen molar-refractivity contribution in [2.75, 3.05) is 6.73 Å². The average molecular weight is 296 g/mol. The van der Waals surface area contributed by atoms with E-state index in [1.165, 1.54) is 6.21 Å². The molecule has 2 aromatic carbocycles. The molecular weight excluding hydrogens is 286 g/mol. The predicted molar refractivity (Wildman–Crippen MR) is 68.0 cm³/mol. The zero-order valence-corrected chi connectivity index (χ0v) is 11.0. The van der Waals surface area contributed by atoms with Crippen molar-refractivity contribution in [3.8, 4) is 5.75 Å². The zero-order valence-electron chi connectivity index (χ0n) is 11.0. The van der Waals surface area contributed by atoms with Crippen molar-refractivity contribution >= 4 is 11.9 Å². The van der Waals surface area contributed by atoms with E-state index in [-0.39, 0.29) is 12.8 Å². The van der Waals surface area contributed by atoms with E-state index in [0.29, 0.717) is 11.3 Å². The highest BCUT2D eigenvalue weighted by atomic mass is 19.2. The van der Waals surface area contributed by atoms with Crippen LogP contribution in [0, 0.1) is 30.2 Å². The van der Waals surface area contributed by atoms with Crippen LogP contribution in [0.15, 0.2) is 24.3 Å². The highest BCUT2D eigenvalue weighted by Gasteiger charge is 2.31. The molecule has 0 fully saturated rings. The lowest BCUT2D eigenvalue weighted by molar-refractivity contribution is -0.480. The number of hydrogen-bond acceptors (Lipinski definition) is 1. The summed E-state index contributed by atoms with van der Waals surface area (Å²) in [6, 6.07) is 5.43. The third-order valence-corrected chi connectivity index (χ3v) is 3.26. The maximum atomic E-state index is 13.8. The van der Waals surface area contributed by atoms with E-state index in [0.717, 1.165) is 10.1 Å². The third-order valence-electron chi connectivity index (χ3n) is 3.26. The number of para-hydroxylation sites is 1. The molecule has 0 spiro atoms. The van der Waals surface area contributed by atoms with Gasteiger partial charge in [-0.05, 0) is 18.6 Å². The van der Waals surface area contributed by atoms with Gasteiger partial charge in [-0.1, -0.05) is 12.1 Å². The van der Waals surface area contributed by atoms with Crippen molar-refractivity contribution < 1.29 is 26.9 Å². The fourth-order valence-electron chi connectivity index (χ4n) is 2.26. The SMILES string of the molecule is Cc1cccc2c1OC[N+](c1c(F)c(F)cc(F)c1F)=C2. The molecule has 0 amide bonds. The van der Waals surface area contributed by atoms with Gasteiger partial charge in [0.2, 0.25) is 11.6 Å². The summed E-state index contributed by atoms with van der Waals surface area (Å²) in [6.45, 7) is 1.58. The minimum Gasteiger partial charge on any atom is -0.435 e. The molecule has 0 radical (unpaired) electrons. The molecule has 108 valence electrons. The summed E-state index contributed by atoms with van der Waals surface area (Å²) >= 11 is 0. The number of halogens is 4. The summed E-state index contributed by atoms with van der Waals surface area (Å²) in [5, 5.41) is 0. The fourth-order valence-corrected chi connectivity index (χ4v) is 2.26. The Bertz CT molecular complexity index is 745. The first kappa shape index (κ1) is 13.6. The molecule has 0 bridgehead atoms. The van der Waals surface area contributed by atoms with Crippen LogP contribution in [0.25, 0.3) is 0 Å². The van der Waals surface area contributed by atoms with Crippen molar-refractivity contribution in [2.24, 2.45) is 0 Å². The molecule has 0 saturated heterocycles. The van der Waals surface area contributed by atoms with Gasteiger partial charge in [0.1, 0.15) is 5.75 Å². The first-order chi connectivity index (χ1) is 9.99. The highest BCUT2D eigenvalue weighted by Crippen LogP contribution is 2.30. The van der Waals surface area contributed by atoms with E-state index in [4.69, 9.17) is 4.74 Å². The number of hydrogen-bond donors (Lipinski definition) is 0. The Morgan fingerprint density at radius 2 is 1.71 bits per heavy atom. The van der Waals surface area contributed by atoms with Crippen LogP contribution >= 0.6 is 0 Å². The zero-order chi connectivity index (χ0) is 15.1. The maximum Gasteiger partial charge on any atom is 0.292 e. The molecule has 21 heavy (non-hydrogen) atoms. The summed E-state index contributed by atoms with van der Waals surface area (Å²) in [5.74, 6) is -5.24. The van der Waals surface area contributed by atoms with Gasteiger partial charge in [0.25, 0.3) is 12.4 Å². The van der Waals surface area contributed by atoms with Crippen molar-refractivity contribution in [3.05, 3.63) is 58.7 Å². The van der Waals surface area contributed by atoms with E-state index < -0.39 is 29.0 Å². The van der Waals surface area contributed by atoms with Gasteiger partial charge in [-0.3, -0.25) is 0 Å². The Morgan fingerprint density at radius 3 is 2.38 bits per heavy atom. The number of rotatable bonds is 1. The summed E-state index contributed by atoms with van der Waals surface area (Å²) in [6.07, 6.45) is 1.40. The van der Waals surface area contributed by atoms with Crippen LogP contribution in [0.2, 0.25) is 0 Å². The molecule has 3 rings (SSSR count). The molecule has 1 aliphatic heterocycles. The van der Waals surface area contributed by atoms with Crippen molar-refractivity contribution in [1.29, 1.82) is 0 Å². The lowest BCUT2D eigenvalue weighted by atomic mass is 10.1. The number of benzene rings is 2. The number of ether oxygens (including phenoxy) is 1. The first-order valence-corrected chi connectivity index (χ1v) is 6.16. The normalized spacial score (nSPS) is 13.5. The Hall–Kier alpha value is -2.37. The Balaban J connectivity index is 2.20. The molecule has 0 aliphatic carbocycles. The lowest BCUT2D eigenvalue weighted by Crippen LogP contribution is -2.23. The van der Waals surface area contributed by atoms with Gasteiger partial charge in [0.15, 0.2) is 17.8 Å². The van der Waals surface area contributed by atoms with Crippen molar-refractivity contribution in [3.63, 3.8) is 0 Å². The van der Waals surface area contributed by atoms with E-state index in [2.05, 4.69) is 0 Å². The topological polar surface area (TPSA) is 12.2 Å². The summed E-state index contributed by atoms with van der Waals surface area (Å²) in [7, 11) is 0. The summed E-state index contributed by atoms with van der Waals surface area (Å²) in [5.41, 5.74) is 0.624. The van der Waals surface area contributed by atoms with E-state index in [9.17, 15) is 17.6 Å². The molecule has 0 unspecified atom stereocenters. The summed E-state index contributed by atoms with van der Waals surface area (Å²) in [4.78, 5) is 0. The molecule has 0 saturated carbocycles. The van der Waals surface area contributed by atoms with Crippen LogP contribution in [0.1, 0.15) is 11.1 Å². The summed E-state index contributed by atoms with van der Waals surface area (Å²) < 4.78 is 60.5. The molecule has 0 N–H and O–H groups in total. The molecule has 0 aromatic heterocycles. The van der Waals surface area contributed by atoms with E-state index in [1.807, 2.05) is 13.0 Å². The standard InChI is InChI=1S/C15H10F4NO/c1-8-3-2-4-9-6-20(7-21-15(8)9)14-12(18)10(16)5-11(17)13(14)19/h2-6H,7H2,1H3/q+1. The second-order valence-electron chi connectivity index (χ2n) is 4.68. The second kappa shape index (κ2) is 4.87. The van der Waals surface area contributed by atoms with Crippen LogP contribution in [0.4, 0.5) is 23.2 Å². The van der Waals surface area contributed by atoms with Gasteiger partial charge in [0, 0.05) is 6.07 Å². The number of nitrogens with zero attached hydrogens (tertiary/aromatic N) is 1. The van der Waals surface area contributed by atoms with Gasteiger partial charge in [-0.15, -0.1) is 0 Å². The molecule has 0 atom stereocenters. The van der Waals surface area contributed by atoms with E-state index in [1.54, 1.807) is 12.1 Å². The molecule has 2 aromatic rings. The van der Waals surface area contributed by atoms with Gasteiger partial charge < -0.3 is 4.74 Å². The number of fused-ring (bicyclic) bond motifs is 1. The van der Waals surface area contributed by atoms with Gasteiger partial charge >= 0.3 is 0 Å². The highest BCUT2D eigenvalue weighted by molar-refractivity contribution is 5.82. The average Bonchev–Trinajstić information content (AvgIpc) is 2.46. The molecule has 1 heterocycles. The van der Waals surface area contributed by atoms with E-state index >= 15 is 0 Å². The monoisotopic (exact) mass is 296 g/mol. The lowest BCUT2D eigenvalue weighted by Gasteiger charge is -2.15. The quantitative estimate of drug-likeness (QED) is 0.444. The Kier molecular flexibility index (Phi) is 3.16. The molecular formula is C15H10F4NO+. The van der Waals surface area contributed by atoms with Gasteiger partial charge in [-0.2, -0.15) is 13.4 Å². The second-order valence-corrected chi connectivity index (χ2v) is 4.68. The van der Waals surface area contributed by atoms with Crippen LogP contribution in [-0.2, 0) is 0 Å². The third kappa shape index (κ3) is 2.16. The Labute approximate surface area is 117 Å². The largest absolute Gasteiger partial charge is 0.435 e. The first-order valence-electron chi connectivity index (χ1n) is 6.16. The van der Waals surface area contributed by atoms with Crippen LogP contribution in [0.5, 0.6) is 5.75 Å². The minimum atomic E-state index is -1.45. The van der Waals surface area contributed by atoms with Gasteiger partial charge in [0.05, 0.1) is 5.56 Å². The molecule has 1 aliphatic rings. The number of aryl methyl sites for hydroxylation is 1. The maximum absolute atomic E-state index is 13.8. The molecule has 6 heteroatoms. The Morgan fingerprint density at radius 1 is 1.05 bits per heavy atom. The fraction of sp³-hybridized carbons (Fsp3) is 0.133. The van der Waals surface area contributed by atoms with Crippen molar-refractivity contribution in [2.45, 2.75) is 6.92 Å². The minimum absolute atomic E-state index is 0.178.